The van der Waals surface area contributed by atoms with Gasteiger partial charge in [0.25, 0.3) is 0 Å². The Morgan fingerprint density at radius 2 is 1.95 bits per heavy atom. The predicted octanol–water partition coefficient (Wildman–Crippen LogP) is 1.84. The van der Waals surface area contributed by atoms with E-state index >= 15 is 0 Å². The van der Waals surface area contributed by atoms with Gasteiger partial charge in [0.15, 0.2) is 0 Å². The number of hydrogen-bond acceptors (Lipinski definition) is 3. The molecule has 0 aromatic carbocycles. The molecule has 0 aliphatic carbocycles. The lowest BCUT2D eigenvalue weighted by atomic mass is 9.98. The lowest BCUT2D eigenvalue weighted by molar-refractivity contribution is -0.117. The van der Waals surface area contributed by atoms with Crippen molar-refractivity contribution in [2.45, 2.75) is 43.8 Å². The van der Waals surface area contributed by atoms with Gasteiger partial charge in [-0.3, -0.25) is 9.78 Å². The number of nitrogens with one attached hydrogen (secondary N) is 1. The molecule has 0 saturated carbocycles. The Kier molecular flexibility index (Phi) is 3.83. The summed E-state index contributed by atoms with van der Waals surface area (Å²) < 4.78 is 0. The van der Waals surface area contributed by atoms with E-state index in [1.165, 1.54) is 12.8 Å². The molecule has 3 rings (SSSR count). The molecule has 2 saturated heterocycles. The van der Waals surface area contributed by atoms with E-state index in [1.54, 1.807) is 18.5 Å². The molecule has 1 amide bonds. The standard InChI is InChI=1S/C16H21N3O/c1-19-14-3-4-15(19)11-13(10-14)18-16(20)5-2-12-6-8-17-9-7-12/h2,5-9,13-15H,3-4,10-11H2,1H3,(H,18,20)/t14-,15-/m1/s1. The fourth-order valence-electron chi connectivity index (χ4n) is 3.43. The summed E-state index contributed by atoms with van der Waals surface area (Å²) in [6.45, 7) is 0. The Balaban J connectivity index is 1.54. The monoisotopic (exact) mass is 271 g/mol. The van der Waals surface area contributed by atoms with Crippen molar-refractivity contribution in [3.8, 4) is 0 Å². The van der Waals surface area contributed by atoms with E-state index in [2.05, 4.69) is 22.2 Å². The van der Waals surface area contributed by atoms with Gasteiger partial charge in [0.1, 0.15) is 0 Å². The number of pyridine rings is 1. The first-order chi connectivity index (χ1) is 9.72. The molecule has 2 fully saturated rings. The summed E-state index contributed by atoms with van der Waals surface area (Å²) in [5, 5.41) is 3.14. The highest BCUT2D eigenvalue weighted by molar-refractivity contribution is 5.91. The van der Waals surface area contributed by atoms with Crippen LogP contribution in [-0.2, 0) is 4.79 Å². The van der Waals surface area contributed by atoms with Crippen molar-refractivity contribution in [2.24, 2.45) is 0 Å². The molecule has 3 heterocycles. The Hall–Kier alpha value is -1.68. The summed E-state index contributed by atoms with van der Waals surface area (Å²) in [6, 6.07) is 5.42. The van der Waals surface area contributed by atoms with Gasteiger partial charge in [-0.2, -0.15) is 0 Å². The Morgan fingerprint density at radius 3 is 2.60 bits per heavy atom. The fourth-order valence-corrected chi connectivity index (χ4v) is 3.43. The van der Waals surface area contributed by atoms with E-state index in [1.807, 2.05) is 18.2 Å². The highest BCUT2D eigenvalue weighted by atomic mass is 16.1. The van der Waals surface area contributed by atoms with E-state index in [9.17, 15) is 4.79 Å². The van der Waals surface area contributed by atoms with Gasteiger partial charge in [-0.05, 0) is 56.5 Å². The number of aromatic nitrogens is 1. The second kappa shape index (κ2) is 5.75. The first-order valence-electron chi connectivity index (χ1n) is 7.33. The lowest BCUT2D eigenvalue weighted by Gasteiger charge is -2.36. The molecule has 4 heteroatoms. The van der Waals surface area contributed by atoms with Gasteiger partial charge in [0.2, 0.25) is 5.91 Å². The third-order valence-corrected chi connectivity index (χ3v) is 4.58. The van der Waals surface area contributed by atoms with E-state index in [-0.39, 0.29) is 5.91 Å². The Bertz CT molecular complexity index is 486. The highest BCUT2D eigenvalue weighted by Crippen LogP contribution is 2.34. The number of carbonyl (C=O) groups is 1. The van der Waals surface area contributed by atoms with Crippen molar-refractivity contribution in [3.63, 3.8) is 0 Å². The van der Waals surface area contributed by atoms with Crippen LogP contribution >= 0.6 is 0 Å². The molecule has 2 aliphatic rings. The zero-order valence-electron chi connectivity index (χ0n) is 11.8. The van der Waals surface area contributed by atoms with Crippen molar-refractivity contribution in [1.29, 1.82) is 0 Å². The Labute approximate surface area is 119 Å². The quantitative estimate of drug-likeness (QED) is 0.853. The minimum Gasteiger partial charge on any atom is -0.350 e. The summed E-state index contributed by atoms with van der Waals surface area (Å²) in [4.78, 5) is 18.4. The summed E-state index contributed by atoms with van der Waals surface area (Å²) in [7, 11) is 2.21. The van der Waals surface area contributed by atoms with Crippen LogP contribution in [0.15, 0.2) is 30.6 Å². The molecule has 20 heavy (non-hydrogen) atoms. The largest absolute Gasteiger partial charge is 0.350 e. The van der Waals surface area contributed by atoms with Gasteiger partial charge >= 0.3 is 0 Å². The van der Waals surface area contributed by atoms with Crippen LogP contribution in [0.3, 0.4) is 0 Å². The smallest absolute Gasteiger partial charge is 0.244 e. The van der Waals surface area contributed by atoms with Crippen molar-refractivity contribution >= 4 is 12.0 Å². The SMILES string of the molecule is CN1[C@@H]2CC[C@@H]1CC(NC(=O)C=Cc1ccncc1)C2. The maximum absolute atomic E-state index is 12.0. The molecule has 0 unspecified atom stereocenters. The summed E-state index contributed by atoms with van der Waals surface area (Å²) in [6.07, 6.45) is 11.6. The molecule has 2 aliphatic heterocycles. The zero-order valence-corrected chi connectivity index (χ0v) is 11.8. The molecule has 106 valence electrons. The van der Waals surface area contributed by atoms with Crippen molar-refractivity contribution in [3.05, 3.63) is 36.2 Å². The molecule has 1 N–H and O–H groups in total. The van der Waals surface area contributed by atoms with Gasteiger partial charge in [-0.15, -0.1) is 0 Å². The lowest BCUT2D eigenvalue weighted by Crippen LogP contribution is -2.48. The van der Waals surface area contributed by atoms with Crippen LogP contribution in [0.25, 0.3) is 6.08 Å². The normalized spacial score (nSPS) is 29.8. The minimum absolute atomic E-state index is 0.00997. The molecular weight excluding hydrogens is 250 g/mol. The predicted molar refractivity (Wildman–Crippen MR) is 79.0 cm³/mol. The molecule has 4 nitrogen and oxygen atoms in total. The van der Waals surface area contributed by atoms with E-state index < -0.39 is 0 Å². The first kappa shape index (κ1) is 13.3. The zero-order chi connectivity index (χ0) is 13.9. The number of nitrogens with zero attached hydrogens (tertiary/aromatic N) is 2. The third kappa shape index (κ3) is 2.90. The number of hydrogen-bond donors (Lipinski definition) is 1. The van der Waals surface area contributed by atoms with Crippen LogP contribution in [-0.4, -0.2) is 41.0 Å². The van der Waals surface area contributed by atoms with Crippen LogP contribution in [0.5, 0.6) is 0 Å². The molecule has 0 spiro atoms. The number of carbonyl (C=O) groups excluding carboxylic acids is 1. The molecule has 1 aromatic heterocycles. The van der Waals surface area contributed by atoms with Crippen LogP contribution in [0.2, 0.25) is 0 Å². The minimum atomic E-state index is 0.00997. The van der Waals surface area contributed by atoms with Crippen LogP contribution in [0, 0.1) is 0 Å². The van der Waals surface area contributed by atoms with Crippen LogP contribution in [0.4, 0.5) is 0 Å². The van der Waals surface area contributed by atoms with Crippen molar-refractivity contribution in [2.75, 3.05) is 7.05 Å². The van der Waals surface area contributed by atoms with Crippen LogP contribution in [0.1, 0.15) is 31.2 Å². The van der Waals surface area contributed by atoms with Gasteiger partial charge in [-0.25, -0.2) is 0 Å². The molecule has 2 atom stereocenters. The highest BCUT2D eigenvalue weighted by Gasteiger charge is 2.38. The summed E-state index contributed by atoms with van der Waals surface area (Å²) in [5.41, 5.74) is 0.999. The maximum atomic E-state index is 12.0. The number of piperidine rings is 1. The number of fused-ring (bicyclic) bond motifs is 2. The molecule has 2 bridgehead atoms. The van der Waals surface area contributed by atoms with E-state index in [0.717, 1.165) is 18.4 Å². The van der Waals surface area contributed by atoms with Gasteiger partial charge in [0, 0.05) is 36.6 Å². The Morgan fingerprint density at radius 1 is 1.30 bits per heavy atom. The molecular formula is C16H21N3O. The second-order valence-corrected chi connectivity index (χ2v) is 5.84. The van der Waals surface area contributed by atoms with Gasteiger partial charge < -0.3 is 10.2 Å². The number of amides is 1. The topological polar surface area (TPSA) is 45.2 Å². The average molecular weight is 271 g/mol. The van der Waals surface area contributed by atoms with Crippen LogP contribution < -0.4 is 5.32 Å². The molecule has 1 aromatic rings. The summed E-state index contributed by atoms with van der Waals surface area (Å²) >= 11 is 0. The fraction of sp³-hybridized carbons (Fsp3) is 0.500. The second-order valence-electron chi connectivity index (χ2n) is 5.84. The summed E-state index contributed by atoms with van der Waals surface area (Å²) in [5.74, 6) is 0.00997. The first-order valence-corrected chi connectivity index (χ1v) is 7.33. The van der Waals surface area contributed by atoms with Gasteiger partial charge in [0.05, 0.1) is 0 Å². The maximum Gasteiger partial charge on any atom is 0.244 e. The van der Waals surface area contributed by atoms with Gasteiger partial charge in [-0.1, -0.05) is 0 Å². The van der Waals surface area contributed by atoms with Crippen molar-refractivity contribution in [1.82, 2.24) is 15.2 Å². The van der Waals surface area contributed by atoms with E-state index in [0.29, 0.717) is 18.1 Å². The molecule has 0 radical (unpaired) electrons. The number of rotatable bonds is 3. The third-order valence-electron chi connectivity index (χ3n) is 4.58. The average Bonchev–Trinajstić information content (AvgIpc) is 2.68. The van der Waals surface area contributed by atoms with E-state index in [4.69, 9.17) is 0 Å². The van der Waals surface area contributed by atoms with Crippen molar-refractivity contribution < 1.29 is 4.79 Å².